The molecule has 0 saturated carbocycles. The van der Waals surface area contributed by atoms with Crippen LogP contribution in [0, 0.1) is 13.8 Å². The van der Waals surface area contributed by atoms with Gasteiger partial charge in [0.25, 0.3) is 0 Å². The Balaban J connectivity index is 2.57. The van der Waals surface area contributed by atoms with E-state index in [0.29, 0.717) is 5.56 Å². The first-order chi connectivity index (χ1) is 8.09. The van der Waals surface area contributed by atoms with E-state index in [0.717, 1.165) is 22.3 Å². The minimum absolute atomic E-state index is 0.407. The molecule has 2 rings (SSSR count). The smallest absolute Gasteiger partial charge is 0.336 e. The Bertz CT molecular complexity index is 533. The molecule has 0 saturated heterocycles. The van der Waals surface area contributed by atoms with E-state index in [1.54, 1.807) is 0 Å². The molecule has 0 spiro atoms. The lowest BCUT2D eigenvalue weighted by atomic mass is 9.96. The quantitative estimate of drug-likeness (QED) is 0.848. The van der Waals surface area contributed by atoms with Crippen molar-refractivity contribution in [1.82, 2.24) is 0 Å². The van der Waals surface area contributed by atoms with E-state index in [9.17, 15) is 4.79 Å². The van der Waals surface area contributed by atoms with E-state index in [4.69, 9.17) is 5.11 Å². The summed E-state index contributed by atoms with van der Waals surface area (Å²) in [5.41, 5.74) is 4.18. The van der Waals surface area contributed by atoms with E-state index >= 15 is 0 Å². The molecule has 0 amide bonds. The highest BCUT2D eigenvalue weighted by Crippen LogP contribution is 2.25. The molecule has 17 heavy (non-hydrogen) atoms. The van der Waals surface area contributed by atoms with Crippen LogP contribution in [0.1, 0.15) is 21.5 Å². The zero-order chi connectivity index (χ0) is 12.4. The van der Waals surface area contributed by atoms with Crippen LogP contribution < -0.4 is 0 Å². The average molecular weight is 226 g/mol. The van der Waals surface area contributed by atoms with Gasteiger partial charge in [-0.15, -0.1) is 0 Å². The molecule has 0 unspecified atom stereocenters. The third-order valence-corrected chi connectivity index (χ3v) is 2.85. The SMILES string of the molecule is Cc1cc(-c2ccccc2)cc(C)c1C(=O)O. The molecular formula is C15H14O2. The van der Waals surface area contributed by atoms with Crippen LogP contribution in [0.4, 0.5) is 0 Å². The second-order valence-electron chi connectivity index (χ2n) is 4.16. The minimum atomic E-state index is -0.861. The van der Waals surface area contributed by atoms with E-state index < -0.39 is 5.97 Å². The zero-order valence-electron chi connectivity index (χ0n) is 9.90. The first-order valence-corrected chi connectivity index (χ1v) is 5.49. The Morgan fingerprint density at radius 3 is 1.94 bits per heavy atom. The molecule has 2 aromatic carbocycles. The minimum Gasteiger partial charge on any atom is -0.478 e. The van der Waals surface area contributed by atoms with Crippen LogP contribution in [0.25, 0.3) is 11.1 Å². The maximum Gasteiger partial charge on any atom is 0.336 e. The number of aryl methyl sites for hydroxylation is 2. The lowest BCUT2D eigenvalue weighted by molar-refractivity contribution is 0.0695. The lowest BCUT2D eigenvalue weighted by Crippen LogP contribution is -2.03. The van der Waals surface area contributed by atoms with Crippen molar-refractivity contribution >= 4 is 5.97 Å². The Kier molecular flexibility index (Phi) is 2.96. The van der Waals surface area contributed by atoms with Gasteiger partial charge >= 0.3 is 5.97 Å². The van der Waals surface area contributed by atoms with Gasteiger partial charge in [-0.3, -0.25) is 0 Å². The Labute approximate surface area is 101 Å². The van der Waals surface area contributed by atoms with Crippen LogP contribution in [0.2, 0.25) is 0 Å². The van der Waals surface area contributed by atoms with Crippen molar-refractivity contribution in [2.75, 3.05) is 0 Å². The largest absolute Gasteiger partial charge is 0.478 e. The fourth-order valence-electron chi connectivity index (χ4n) is 2.10. The third kappa shape index (κ3) is 2.21. The molecule has 2 heteroatoms. The molecule has 0 radical (unpaired) electrons. The molecule has 0 heterocycles. The average Bonchev–Trinajstić information content (AvgIpc) is 2.28. The molecule has 0 aromatic heterocycles. The summed E-state index contributed by atoms with van der Waals surface area (Å²) < 4.78 is 0. The van der Waals surface area contributed by atoms with Gasteiger partial charge < -0.3 is 5.11 Å². The Morgan fingerprint density at radius 2 is 1.47 bits per heavy atom. The van der Waals surface area contributed by atoms with Gasteiger partial charge in [0, 0.05) is 0 Å². The molecule has 0 aliphatic rings. The van der Waals surface area contributed by atoms with E-state index in [1.165, 1.54) is 0 Å². The standard InChI is InChI=1S/C15H14O2/c1-10-8-13(12-6-4-3-5-7-12)9-11(2)14(10)15(16)17/h3-9H,1-2H3,(H,16,17). The van der Waals surface area contributed by atoms with Crippen molar-refractivity contribution in [3.8, 4) is 11.1 Å². The van der Waals surface area contributed by atoms with Crippen LogP contribution in [-0.2, 0) is 0 Å². The highest BCUT2D eigenvalue weighted by Gasteiger charge is 2.12. The molecule has 0 aliphatic carbocycles. The fraction of sp³-hybridized carbons (Fsp3) is 0.133. The normalized spacial score (nSPS) is 10.2. The summed E-state index contributed by atoms with van der Waals surface area (Å²) in [6, 6.07) is 13.8. The van der Waals surface area contributed by atoms with Gasteiger partial charge in [0.2, 0.25) is 0 Å². The summed E-state index contributed by atoms with van der Waals surface area (Å²) in [6.45, 7) is 3.67. The molecule has 0 bridgehead atoms. The van der Waals surface area contributed by atoms with Crippen molar-refractivity contribution < 1.29 is 9.90 Å². The number of aromatic carboxylic acids is 1. The van der Waals surface area contributed by atoms with Crippen LogP contribution in [0.5, 0.6) is 0 Å². The van der Waals surface area contributed by atoms with Gasteiger partial charge in [-0.2, -0.15) is 0 Å². The Hall–Kier alpha value is -2.09. The molecule has 86 valence electrons. The van der Waals surface area contributed by atoms with Crippen molar-refractivity contribution in [2.45, 2.75) is 13.8 Å². The lowest BCUT2D eigenvalue weighted by Gasteiger charge is -2.09. The zero-order valence-corrected chi connectivity index (χ0v) is 9.90. The fourth-order valence-corrected chi connectivity index (χ4v) is 2.10. The number of benzene rings is 2. The number of carbonyl (C=O) groups is 1. The first-order valence-electron chi connectivity index (χ1n) is 5.49. The Morgan fingerprint density at radius 1 is 0.941 bits per heavy atom. The number of carboxylic acid groups (broad SMARTS) is 1. The summed E-state index contributed by atoms with van der Waals surface area (Å²) in [5.74, 6) is -0.861. The summed E-state index contributed by atoms with van der Waals surface area (Å²) in [5, 5.41) is 9.11. The molecule has 0 aliphatic heterocycles. The second-order valence-corrected chi connectivity index (χ2v) is 4.16. The van der Waals surface area contributed by atoms with E-state index in [-0.39, 0.29) is 0 Å². The summed E-state index contributed by atoms with van der Waals surface area (Å²) in [7, 11) is 0. The van der Waals surface area contributed by atoms with Crippen LogP contribution in [0.15, 0.2) is 42.5 Å². The summed E-state index contributed by atoms with van der Waals surface area (Å²) in [4.78, 5) is 11.1. The monoisotopic (exact) mass is 226 g/mol. The van der Waals surface area contributed by atoms with E-state index in [2.05, 4.69) is 0 Å². The van der Waals surface area contributed by atoms with Gasteiger partial charge in [0.1, 0.15) is 0 Å². The molecule has 2 nitrogen and oxygen atoms in total. The summed E-state index contributed by atoms with van der Waals surface area (Å²) in [6.07, 6.45) is 0. The van der Waals surface area contributed by atoms with Gasteiger partial charge in [-0.25, -0.2) is 4.79 Å². The molecule has 0 fully saturated rings. The predicted molar refractivity (Wildman–Crippen MR) is 68.3 cm³/mol. The van der Waals surface area contributed by atoms with E-state index in [1.807, 2.05) is 56.3 Å². The van der Waals surface area contributed by atoms with Crippen LogP contribution in [0.3, 0.4) is 0 Å². The second kappa shape index (κ2) is 4.42. The van der Waals surface area contributed by atoms with Gasteiger partial charge in [-0.05, 0) is 36.1 Å². The molecule has 2 aromatic rings. The number of rotatable bonds is 2. The highest BCUT2D eigenvalue weighted by atomic mass is 16.4. The van der Waals surface area contributed by atoms with Crippen molar-refractivity contribution in [3.63, 3.8) is 0 Å². The van der Waals surface area contributed by atoms with Gasteiger partial charge in [0.05, 0.1) is 5.56 Å². The topological polar surface area (TPSA) is 37.3 Å². The van der Waals surface area contributed by atoms with Gasteiger partial charge in [-0.1, -0.05) is 42.5 Å². The number of hydrogen-bond donors (Lipinski definition) is 1. The molecule has 1 N–H and O–H groups in total. The van der Waals surface area contributed by atoms with Crippen molar-refractivity contribution in [1.29, 1.82) is 0 Å². The maximum atomic E-state index is 11.1. The number of hydrogen-bond acceptors (Lipinski definition) is 1. The van der Waals surface area contributed by atoms with Crippen LogP contribution >= 0.6 is 0 Å². The molecular weight excluding hydrogens is 212 g/mol. The molecule has 0 atom stereocenters. The van der Waals surface area contributed by atoms with Crippen molar-refractivity contribution in [2.24, 2.45) is 0 Å². The van der Waals surface area contributed by atoms with Gasteiger partial charge in [0.15, 0.2) is 0 Å². The highest BCUT2D eigenvalue weighted by molar-refractivity contribution is 5.92. The third-order valence-electron chi connectivity index (χ3n) is 2.85. The van der Waals surface area contributed by atoms with Crippen molar-refractivity contribution in [3.05, 3.63) is 59.2 Å². The van der Waals surface area contributed by atoms with Crippen LogP contribution in [-0.4, -0.2) is 11.1 Å². The summed E-state index contributed by atoms with van der Waals surface area (Å²) >= 11 is 0. The first kappa shape index (κ1) is 11.4. The predicted octanol–water partition coefficient (Wildman–Crippen LogP) is 3.67. The maximum absolute atomic E-state index is 11.1. The number of carboxylic acids is 1.